The summed E-state index contributed by atoms with van der Waals surface area (Å²) in [7, 11) is -4.72. The first-order chi connectivity index (χ1) is 22.6. The quantitative estimate of drug-likeness (QED) is 0.0224. The number of amides is 1. The second-order valence-corrected chi connectivity index (χ2v) is 13.8. The van der Waals surface area contributed by atoms with Crippen molar-refractivity contribution in [2.24, 2.45) is 0 Å². The number of aliphatic hydroxyl groups excluding tert-OH is 1. The van der Waals surface area contributed by atoms with Crippen LogP contribution < -0.4 is 5.32 Å². The third-order valence-electron chi connectivity index (χ3n) is 7.86. The Balaban J connectivity index is 3.72. The lowest BCUT2D eigenvalue weighted by atomic mass is 10.0. The Bertz CT molecular complexity index is 869. The summed E-state index contributed by atoms with van der Waals surface area (Å²) in [6.07, 6.45) is 29.5. The number of rotatable bonds is 34. The Morgan fingerprint density at radius 1 is 0.681 bits per heavy atom. The van der Waals surface area contributed by atoms with Gasteiger partial charge in [0.1, 0.15) is 12.7 Å². The largest absolute Gasteiger partial charge is 0.480 e. The topological polar surface area (TPSA) is 169 Å². The molecule has 0 radical (unpaired) electrons. The van der Waals surface area contributed by atoms with Gasteiger partial charge in [-0.3, -0.25) is 18.6 Å². The summed E-state index contributed by atoms with van der Waals surface area (Å²) in [6.45, 7) is 1.93. The van der Waals surface area contributed by atoms with Crippen molar-refractivity contribution in [1.82, 2.24) is 5.32 Å². The number of esters is 1. The Morgan fingerprint density at radius 3 is 1.60 bits per heavy atom. The summed E-state index contributed by atoms with van der Waals surface area (Å²) in [5.41, 5.74) is 0. The number of carboxylic acid groups (broad SMARTS) is 1. The van der Waals surface area contributed by atoms with Crippen molar-refractivity contribution in [3.8, 4) is 0 Å². The molecule has 276 valence electrons. The molecule has 4 N–H and O–H groups in total. The van der Waals surface area contributed by atoms with Crippen molar-refractivity contribution in [3.63, 3.8) is 0 Å². The van der Waals surface area contributed by atoms with Crippen LogP contribution in [-0.2, 0) is 32.7 Å². The Kier molecular flexibility index (Phi) is 30.3. The smallest absolute Gasteiger partial charge is 0.472 e. The second kappa shape index (κ2) is 31.5. The van der Waals surface area contributed by atoms with Crippen molar-refractivity contribution < 1.29 is 47.8 Å². The van der Waals surface area contributed by atoms with Gasteiger partial charge in [-0.15, -0.1) is 0 Å². The molecule has 0 saturated heterocycles. The highest BCUT2D eigenvalue weighted by Crippen LogP contribution is 2.43. The van der Waals surface area contributed by atoms with Crippen LogP contribution in [0, 0.1) is 0 Å². The lowest BCUT2D eigenvalue weighted by molar-refractivity contribution is -0.146. The van der Waals surface area contributed by atoms with Crippen molar-refractivity contribution in [3.05, 3.63) is 12.2 Å². The van der Waals surface area contributed by atoms with Crippen LogP contribution in [-0.4, -0.2) is 64.9 Å². The minimum absolute atomic E-state index is 0.107. The van der Waals surface area contributed by atoms with Gasteiger partial charge >= 0.3 is 19.8 Å². The number of carbonyl (C=O) groups is 3. The van der Waals surface area contributed by atoms with Gasteiger partial charge in [-0.05, 0) is 32.1 Å². The molecule has 0 heterocycles. The number of unbranched alkanes of at least 4 members (excludes halogenated alkanes) is 19. The van der Waals surface area contributed by atoms with Crippen molar-refractivity contribution in [2.45, 2.75) is 174 Å². The van der Waals surface area contributed by atoms with E-state index in [1.165, 1.54) is 109 Å². The maximum atomic E-state index is 12.2. The van der Waals surface area contributed by atoms with Crippen molar-refractivity contribution >= 4 is 25.7 Å². The number of phosphoric ester groups is 1. The average Bonchev–Trinajstić information content (AvgIpc) is 3.04. The fourth-order valence-corrected chi connectivity index (χ4v) is 5.71. The van der Waals surface area contributed by atoms with Crippen LogP contribution in [0.15, 0.2) is 12.2 Å². The zero-order valence-corrected chi connectivity index (χ0v) is 30.2. The van der Waals surface area contributed by atoms with Gasteiger partial charge in [-0.1, -0.05) is 129 Å². The van der Waals surface area contributed by atoms with Crippen LogP contribution in [0.2, 0.25) is 0 Å². The molecule has 0 aromatic rings. The molecular formula is C35H66NO10P. The molecule has 0 aliphatic carbocycles. The van der Waals surface area contributed by atoms with Gasteiger partial charge in [0.2, 0.25) is 5.91 Å². The number of hydrogen-bond donors (Lipinski definition) is 4. The molecule has 12 heteroatoms. The molecule has 3 unspecified atom stereocenters. The molecule has 11 nitrogen and oxygen atoms in total. The van der Waals surface area contributed by atoms with Crippen LogP contribution in [0.3, 0.4) is 0 Å². The van der Waals surface area contributed by atoms with E-state index < -0.39 is 57.6 Å². The van der Waals surface area contributed by atoms with Crippen LogP contribution in [0.1, 0.15) is 162 Å². The minimum Gasteiger partial charge on any atom is -0.480 e. The first-order valence-electron chi connectivity index (χ1n) is 18.2. The van der Waals surface area contributed by atoms with E-state index in [9.17, 15) is 34.1 Å². The van der Waals surface area contributed by atoms with Crippen molar-refractivity contribution in [1.29, 1.82) is 0 Å². The molecule has 0 aromatic heterocycles. The third kappa shape index (κ3) is 31.3. The second-order valence-electron chi connectivity index (χ2n) is 12.4. The average molecular weight is 692 g/mol. The van der Waals surface area contributed by atoms with E-state index in [1.54, 1.807) is 6.92 Å². The molecule has 0 aliphatic heterocycles. The van der Waals surface area contributed by atoms with Crippen LogP contribution in [0.5, 0.6) is 0 Å². The molecule has 1 amide bonds. The van der Waals surface area contributed by atoms with E-state index in [4.69, 9.17) is 4.74 Å². The van der Waals surface area contributed by atoms with Gasteiger partial charge in [-0.25, -0.2) is 9.36 Å². The molecule has 0 aromatic carbocycles. The molecule has 0 rings (SSSR count). The summed E-state index contributed by atoms with van der Waals surface area (Å²) in [4.78, 5) is 44.5. The summed E-state index contributed by atoms with van der Waals surface area (Å²) in [5, 5.41) is 21.3. The molecule has 0 saturated carbocycles. The van der Waals surface area contributed by atoms with Crippen molar-refractivity contribution in [2.75, 3.05) is 19.8 Å². The highest BCUT2D eigenvalue weighted by molar-refractivity contribution is 7.47. The first kappa shape index (κ1) is 45.2. The van der Waals surface area contributed by atoms with E-state index in [1.807, 2.05) is 0 Å². The molecule has 0 aliphatic rings. The lowest BCUT2D eigenvalue weighted by Gasteiger charge is -2.18. The first-order valence-corrected chi connectivity index (χ1v) is 19.7. The normalized spacial score (nSPS) is 14.1. The molecule has 0 fully saturated rings. The number of allylic oxidation sites excluding steroid dienone is 2. The molecule has 3 atom stereocenters. The zero-order chi connectivity index (χ0) is 35.0. The van der Waals surface area contributed by atoms with Gasteiger partial charge in [0, 0.05) is 12.8 Å². The Hall–Kier alpha value is -1.78. The Morgan fingerprint density at radius 2 is 1.13 bits per heavy atom. The van der Waals surface area contributed by atoms with Gasteiger partial charge in [0.15, 0.2) is 6.04 Å². The third-order valence-corrected chi connectivity index (χ3v) is 8.81. The number of hydrogen-bond acceptors (Lipinski definition) is 8. The fourth-order valence-electron chi connectivity index (χ4n) is 4.94. The summed E-state index contributed by atoms with van der Waals surface area (Å²) >= 11 is 0. The molecule has 47 heavy (non-hydrogen) atoms. The number of ether oxygens (including phenoxy) is 1. The monoisotopic (exact) mass is 691 g/mol. The van der Waals surface area contributed by atoms with E-state index in [0.29, 0.717) is 6.42 Å². The number of nitrogens with one attached hydrogen (secondary N) is 1. The number of aliphatic hydroxyl groups is 1. The van der Waals surface area contributed by atoms with Gasteiger partial charge in [-0.2, -0.15) is 0 Å². The van der Waals surface area contributed by atoms with Gasteiger partial charge in [0.25, 0.3) is 0 Å². The summed E-state index contributed by atoms with van der Waals surface area (Å²) < 4.78 is 26.0. The highest BCUT2D eigenvalue weighted by atomic mass is 31.2. The maximum Gasteiger partial charge on any atom is 0.472 e. The number of carboxylic acids is 1. The zero-order valence-electron chi connectivity index (χ0n) is 29.3. The SMILES string of the molecule is CCCCCCCC/C=C/CCCCCCCCCCCCCCCC(=O)NC(COP(=O)(O)OCC(O)COC(=O)CC)C(=O)O. The Labute approximate surface area is 284 Å². The van der Waals surface area contributed by atoms with Crippen LogP contribution in [0.4, 0.5) is 0 Å². The predicted molar refractivity (Wildman–Crippen MR) is 185 cm³/mol. The highest BCUT2D eigenvalue weighted by Gasteiger charge is 2.28. The standard InChI is InChI=1S/C35H66NO10P/c1-3-5-6-7-8-9-10-11-12-13-14-15-16-17-18-19-20-21-22-23-24-25-26-27-33(38)36-32(35(40)41)30-46-47(42,43)45-29-31(37)28-44-34(39)4-2/h11-12,31-32,37H,3-10,13-30H2,1-2H3,(H,36,38)(H,40,41)(H,42,43)/b12-11+. The predicted octanol–water partition coefficient (Wildman–Crippen LogP) is 8.16. The maximum absolute atomic E-state index is 12.2. The van der Waals surface area contributed by atoms with E-state index in [0.717, 1.165) is 19.3 Å². The van der Waals surface area contributed by atoms with Gasteiger partial charge in [0.05, 0.1) is 13.2 Å². The van der Waals surface area contributed by atoms with E-state index in [-0.39, 0.29) is 12.8 Å². The molecule has 0 spiro atoms. The minimum atomic E-state index is -4.72. The van der Waals surface area contributed by atoms with E-state index in [2.05, 4.69) is 33.4 Å². The number of phosphoric acid groups is 1. The number of aliphatic carboxylic acids is 1. The number of carbonyl (C=O) groups excluding carboxylic acids is 2. The lowest BCUT2D eigenvalue weighted by Crippen LogP contribution is -2.43. The fraction of sp³-hybridized carbons (Fsp3) is 0.857. The summed E-state index contributed by atoms with van der Waals surface area (Å²) in [6, 6.07) is -1.54. The van der Waals surface area contributed by atoms with E-state index >= 15 is 0 Å². The van der Waals surface area contributed by atoms with Crippen LogP contribution in [0.25, 0.3) is 0 Å². The molecule has 0 bridgehead atoms. The summed E-state index contributed by atoms with van der Waals surface area (Å²) in [5.74, 6) is -2.46. The van der Waals surface area contributed by atoms with Crippen LogP contribution >= 0.6 is 7.82 Å². The van der Waals surface area contributed by atoms with Gasteiger partial charge < -0.3 is 25.2 Å². The molecular weight excluding hydrogens is 625 g/mol.